The Kier molecular flexibility index (Phi) is 6.47. The van der Waals surface area contributed by atoms with Crippen molar-refractivity contribution in [1.29, 1.82) is 0 Å². The molecule has 0 saturated heterocycles. The van der Waals surface area contributed by atoms with E-state index in [1.807, 2.05) is 48.5 Å². The van der Waals surface area contributed by atoms with Gasteiger partial charge in [-0.15, -0.1) is 0 Å². The second-order valence-corrected chi connectivity index (χ2v) is 7.91. The molecular formula is C25H21NO5S. The van der Waals surface area contributed by atoms with E-state index in [9.17, 15) is 9.59 Å². The summed E-state index contributed by atoms with van der Waals surface area (Å²) >= 11 is 1.61. The molecule has 162 valence electrons. The third-order valence-corrected chi connectivity index (χ3v) is 5.97. The second kappa shape index (κ2) is 9.62. The molecule has 6 nitrogen and oxygen atoms in total. The lowest BCUT2D eigenvalue weighted by atomic mass is 10.2. The lowest BCUT2D eigenvalue weighted by Crippen LogP contribution is -2.32. The number of rotatable bonds is 6. The molecule has 0 bridgehead atoms. The fraction of sp³-hybridized carbons (Fsp3) is 0.120. The van der Waals surface area contributed by atoms with Gasteiger partial charge in [-0.3, -0.25) is 9.69 Å². The van der Waals surface area contributed by atoms with E-state index in [-0.39, 0.29) is 12.5 Å². The summed E-state index contributed by atoms with van der Waals surface area (Å²) in [5.41, 5.74) is 2.29. The van der Waals surface area contributed by atoms with Crippen molar-refractivity contribution in [2.75, 3.05) is 25.7 Å². The zero-order chi connectivity index (χ0) is 22.5. The van der Waals surface area contributed by atoms with Crippen LogP contribution in [0.4, 0.5) is 11.4 Å². The lowest BCUT2D eigenvalue weighted by Gasteiger charge is -2.30. The maximum atomic E-state index is 13.0. The number of carbonyl (C=O) groups excluding carboxylic acids is 2. The predicted octanol–water partition coefficient (Wildman–Crippen LogP) is 5.09. The van der Waals surface area contributed by atoms with E-state index in [0.717, 1.165) is 26.7 Å². The van der Waals surface area contributed by atoms with E-state index in [0.29, 0.717) is 11.5 Å². The Labute approximate surface area is 190 Å². The number of hydrogen-bond acceptors (Lipinski definition) is 6. The summed E-state index contributed by atoms with van der Waals surface area (Å²) in [5.74, 6) is 0.218. The molecule has 0 aromatic heterocycles. The minimum atomic E-state index is -0.610. The van der Waals surface area contributed by atoms with Gasteiger partial charge in [0.25, 0.3) is 5.91 Å². The van der Waals surface area contributed by atoms with Crippen molar-refractivity contribution in [2.45, 2.75) is 9.79 Å². The molecular weight excluding hydrogens is 426 g/mol. The summed E-state index contributed by atoms with van der Waals surface area (Å²) in [4.78, 5) is 28.8. The number of hydrogen-bond donors (Lipinski definition) is 0. The summed E-state index contributed by atoms with van der Waals surface area (Å²) in [7, 11) is 3.10. The van der Waals surface area contributed by atoms with Crippen LogP contribution in [-0.4, -0.2) is 32.7 Å². The van der Waals surface area contributed by atoms with Crippen LogP contribution in [0.1, 0.15) is 5.56 Å². The van der Waals surface area contributed by atoms with Crippen LogP contribution < -0.4 is 14.4 Å². The Hall–Kier alpha value is -3.71. The van der Waals surface area contributed by atoms with E-state index in [2.05, 4.69) is 0 Å². The third-order valence-electron chi connectivity index (χ3n) is 4.84. The monoisotopic (exact) mass is 447 g/mol. The summed E-state index contributed by atoms with van der Waals surface area (Å²) in [6.45, 7) is -0.373. The molecule has 1 aliphatic rings. The van der Waals surface area contributed by atoms with Gasteiger partial charge in [0.1, 0.15) is 0 Å². The molecule has 0 atom stereocenters. The predicted molar refractivity (Wildman–Crippen MR) is 124 cm³/mol. The fourth-order valence-corrected chi connectivity index (χ4v) is 4.40. The average Bonchev–Trinajstić information content (AvgIpc) is 2.84. The molecule has 3 aromatic rings. The van der Waals surface area contributed by atoms with E-state index in [4.69, 9.17) is 14.2 Å². The highest BCUT2D eigenvalue weighted by atomic mass is 32.2. The first-order chi connectivity index (χ1) is 15.6. The Morgan fingerprint density at radius 3 is 2.12 bits per heavy atom. The van der Waals surface area contributed by atoms with Crippen LogP contribution in [0.5, 0.6) is 11.5 Å². The number of carbonyl (C=O) groups is 2. The first-order valence-corrected chi connectivity index (χ1v) is 10.7. The number of benzene rings is 3. The average molecular weight is 448 g/mol. The van der Waals surface area contributed by atoms with Crippen molar-refractivity contribution in [1.82, 2.24) is 0 Å². The zero-order valence-corrected chi connectivity index (χ0v) is 18.4. The third kappa shape index (κ3) is 4.48. The molecule has 1 heterocycles. The van der Waals surface area contributed by atoms with E-state index in [1.165, 1.54) is 6.08 Å². The van der Waals surface area contributed by atoms with Gasteiger partial charge in [-0.25, -0.2) is 4.79 Å². The minimum Gasteiger partial charge on any atom is -0.493 e. The van der Waals surface area contributed by atoms with Gasteiger partial charge < -0.3 is 14.2 Å². The van der Waals surface area contributed by atoms with E-state index < -0.39 is 5.97 Å². The molecule has 32 heavy (non-hydrogen) atoms. The highest BCUT2D eigenvalue weighted by Crippen LogP contribution is 2.47. The van der Waals surface area contributed by atoms with Gasteiger partial charge >= 0.3 is 5.97 Å². The first kappa shape index (κ1) is 21.5. The highest BCUT2D eigenvalue weighted by molar-refractivity contribution is 7.99. The van der Waals surface area contributed by atoms with Crippen LogP contribution >= 0.6 is 11.8 Å². The molecule has 0 saturated carbocycles. The standard InChI is InChI=1S/C25H21NO5S/c1-29-20-13-11-17(15-21(20)30-2)12-14-25(28)31-16-24(27)26-18-7-3-5-9-22(18)32-23-10-6-4-8-19(23)26/h3-15H,16H2,1-2H3/b14-12+. The number of para-hydroxylation sites is 2. The lowest BCUT2D eigenvalue weighted by molar-refractivity contribution is -0.142. The van der Waals surface area contributed by atoms with Crippen molar-refractivity contribution in [2.24, 2.45) is 0 Å². The molecule has 1 amide bonds. The summed E-state index contributed by atoms with van der Waals surface area (Å²) in [6, 6.07) is 20.6. The van der Waals surface area contributed by atoms with Crippen molar-refractivity contribution < 1.29 is 23.8 Å². The number of amides is 1. The molecule has 7 heteroatoms. The van der Waals surface area contributed by atoms with Gasteiger partial charge in [0.15, 0.2) is 18.1 Å². The van der Waals surface area contributed by atoms with Gasteiger partial charge in [0.2, 0.25) is 0 Å². The molecule has 0 aliphatic carbocycles. The number of anilines is 2. The second-order valence-electron chi connectivity index (χ2n) is 6.82. The number of esters is 1. The van der Waals surface area contributed by atoms with Crippen LogP contribution in [-0.2, 0) is 14.3 Å². The smallest absolute Gasteiger partial charge is 0.331 e. The van der Waals surface area contributed by atoms with Gasteiger partial charge in [-0.1, -0.05) is 42.1 Å². The van der Waals surface area contributed by atoms with E-state index >= 15 is 0 Å². The van der Waals surface area contributed by atoms with Gasteiger partial charge in [0, 0.05) is 15.9 Å². The number of fused-ring (bicyclic) bond motifs is 2. The largest absolute Gasteiger partial charge is 0.493 e. The van der Waals surface area contributed by atoms with Crippen molar-refractivity contribution in [3.63, 3.8) is 0 Å². The van der Waals surface area contributed by atoms with Gasteiger partial charge in [-0.05, 0) is 48.0 Å². The van der Waals surface area contributed by atoms with Gasteiger partial charge in [0.05, 0.1) is 25.6 Å². The number of methoxy groups -OCH3 is 2. The van der Waals surface area contributed by atoms with Crippen LogP contribution in [0.2, 0.25) is 0 Å². The SMILES string of the molecule is COc1ccc(/C=C/C(=O)OCC(=O)N2c3ccccc3Sc3ccccc32)cc1OC. The Balaban J connectivity index is 1.45. The molecule has 0 fully saturated rings. The molecule has 1 aliphatic heterocycles. The van der Waals surface area contributed by atoms with Crippen molar-refractivity contribution in [3.05, 3.63) is 78.4 Å². The van der Waals surface area contributed by atoms with Crippen molar-refractivity contribution in [3.8, 4) is 11.5 Å². The van der Waals surface area contributed by atoms with E-state index in [1.54, 1.807) is 55.2 Å². The Bertz CT molecular complexity index is 1140. The van der Waals surface area contributed by atoms with Crippen LogP contribution in [0, 0.1) is 0 Å². The van der Waals surface area contributed by atoms with Crippen LogP contribution in [0.15, 0.2) is 82.6 Å². The van der Waals surface area contributed by atoms with Crippen LogP contribution in [0.25, 0.3) is 6.08 Å². The summed E-state index contributed by atoms with van der Waals surface area (Å²) < 4.78 is 15.7. The normalized spacial score (nSPS) is 12.1. The summed E-state index contributed by atoms with van der Waals surface area (Å²) in [6.07, 6.45) is 2.87. The maximum Gasteiger partial charge on any atom is 0.331 e. The quantitative estimate of drug-likeness (QED) is 0.387. The molecule has 3 aromatic carbocycles. The van der Waals surface area contributed by atoms with Crippen molar-refractivity contribution >= 4 is 41.1 Å². The molecule has 0 radical (unpaired) electrons. The maximum absolute atomic E-state index is 13.0. The topological polar surface area (TPSA) is 65.1 Å². The molecule has 0 N–H and O–H groups in total. The first-order valence-electron chi connectivity index (χ1n) is 9.86. The molecule has 0 spiro atoms. The number of ether oxygens (including phenoxy) is 3. The minimum absolute atomic E-state index is 0.321. The van der Waals surface area contributed by atoms with Crippen LogP contribution in [0.3, 0.4) is 0 Å². The highest BCUT2D eigenvalue weighted by Gasteiger charge is 2.28. The zero-order valence-electron chi connectivity index (χ0n) is 17.6. The Morgan fingerprint density at radius 1 is 0.875 bits per heavy atom. The Morgan fingerprint density at radius 2 is 1.50 bits per heavy atom. The summed E-state index contributed by atoms with van der Waals surface area (Å²) in [5, 5.41) is 0. The molecule has 4 rings (SSSR count). The fourth-order valence-electron chi connectivity index (χ4n) is 3.34. The van der Waals surface area contributed by atoms with Gasteiger partial charge in [-0.2, -0.15) is 0 Å². The molecule has 0 unspecified atom stereocenters. The number of nitrogens with zero attached hydrogens (tertiary/aromatic N) is 1.